The van der Waals surface area contributed by atoms with Crippen LogP contribution in [0.5, 0.6) is 0 Å². The first-order chi connectivity index (χ1) is 24.1. The van der Waals surface area contributed by atoms with Crippen LogP contribution in [-0.4, -0.2) is 60.7 Å². The zero-order chi connectivity index (χ0) is 35.4. The van der Waals surface area contributed by atoms with Gasteiger partial charge in [-0.1, -0.05) is 95.6 Å². The second-order valence-electron chi connectivity index (χ2n) is 11.0. The van der Waals surface area contributed by atoms with Crippen LogP contribution < -0.4 is 16.8 Å². The fourth-order valence-electron chi connectivity index (χ4n) is 5.13. The topological polar surface area (TPSA) is 154 Å². The number of anilines is 2. The van der Waals surface area contributed by atoms with Gasteiger partial charge < -0.3 is 21.5 Å². The Kier molecular flexibility index (Phi) is 11.8. The van der Waals surface area contributed by atoms with Crippen molar-refractivity contribution in [3.8, 4) is 0 Å². The molecule has 0 radical (unpaired) electrons. The molecule has 0 spiro atoms. The first-order valence-corrected chi connectivity index (χ1v) is 19.9. The van der Waals surface area contributed by atoms with E-state index in [1.165, 1.54) is 51.9 Å². The molecule has 258 valence electrons. The van der Waals surface area contributed by atoms with Crippen LogP contribution in [0, 0.1) is 6.92 Å². The number of halogens is 2. The first-order valence-electron chi connectivity index (χ1n) is 15.1. The summed E-state index contributed by atoms with van der Waals surface area (Å²) in [7, 11) is 0. The molecule has 4 aromatic rings. The maximum atomic E-state index is 14.2. The summed E-state index contributed by atoms with van der Waals surface area (Å²) < 4.78 is 6.24. The molecule has 2 amide bonds. The molecular formula is C34H30Cl2N6O4S4. The molecule has 0 saturated carbocycles. The lowest BCUT2D eigenvalue weighted by Gasteiger charge is -2.49. The number of rotatable bonds is 12. The normalized spacial score (nSPS) is 17.0. The van der Waals surface area contributed by atoms with E-state index in [2.05, 4.69) is 15.3 Å². The molecule has 50 heavy (non-hydrogen) atoms. The fourth-order valence-corrected chi connectivity index (χ4v) is 10.0. The number of ether oxygens (including phenoxy) is 1. The number of nitrogens with one attached hydrogen (secondary N) is 1. The summed E-state index contributed by atoms with van der Waals surface area (Å²) >= 11 is 17.7. The Balaban J connectivity index is 1.22. The van der Waals surface area contributed by atoms with Crippen molar-refractivity contribution in [3.05, 3.63) is 116 Å². The summed E-state index contributed by atoms with van der Waals surface area (Å²) in [5, 5.41) is 4.12. The van der Waals surface area contributed by atoms with Crippen LogP contribution in [0.25, 0.3) is 0 Å². The average Bonchev–Trinajstić information content (AvgIpc) is 3.12. The number of hydrogen-bond acceptors (Lipinski definition) is 12. The summed E-state index contributed by atoms with van der Waals surface area (Å²) in [6.07, 6.45) is -0.722. The minimum absolute atomic E-state index is 0.0240. The first kappa shape index (κ1) is 36.3. The molecule has 0 bridgehead atoms. The van der Waals surface area contributed by atoms with E-state index in [1.54, 1.807) is 25.1 Å². The average molecular weight is 786 g/mol. The monoisotopic (exact) mass is 784 g/mol. The molecule has 3 aromatic carbocycles. The molecule has 1 saturated heterocycles. The highest BCUT2D eigenvalue weighted by Gasteiger charge is 2.54. The number of nitrogens with zero attached hydrogens (tertiary/aromatic N) is 3. The number of fused-ring (bicyclic) bond motifs is 1. The SMILES string of the molecule is Cc1c(N)nc(SCSC2=C(C(=O)OC(c3ccccc3)c3ccccc3)N3C(=O)[C@@H](NC(=O)CSc4cc(Cl)ccc4Cl)[C@H]3SC2)nc1N. The molecule has 1 fully saturated rings. The predicted molar refractivity (Wildman–Crippen MR) is 204 cm³/mol. The number of benzene rings is 3. The molecule has 10 nitrogen and oxygen atoms in total. The van der Waals surface area contributed by atoms with Gasteiger partial charge in [-0.3, -0.25) is 14.5 Å². The third kappa shape index (κ3) is 8.16. The molecule has 3 heterocycles. The highest BCUT2D eigenvalue weighted by atomic mass is 35.5. The van der Waals surface area contributed by atoms with Crippen molar-refractivity contribution in [1.82, 2.24) is 20.2 Å². The van der Waals surface area contributed by atoms with Gasteiger partial charge in [0.1, 0.15) is 28.7 Å². The maximum Gasteiger partial charge on any atom is 0.356 e. The molecule has 5 N–H and O–H groups in total. The van der Waals surface area contributed by atoms with Gasteiger partial charge in [0.05, 0.1) is 15.9 Å². The number of hydrogen-bond donors (Lipinski definition) is 3. The van der Waals surface area contributed by atoms with Crippen molar-refractivity contribution in [3.63, 3.8) is 0 Å². The number of nitrogen functional groups attached to an aromatic ring is 2. The number of thioether (sulfide) groups is 4. The van der Waals surface area contributed by atoms with Gasteiger partial charge in [-0.25, -0.2) is 14.8 Å². The second kappa shape index (κ2) is 16.2. The van der Waals surface area contributed by atoms with Gasteiger partial charge >= 0.3 is 5.97 Å². The highest BCUT2D eigenvalue weighted by Crippen LogP contribution is 2.45. The zero-order valence-corrected chi connectivity index (χ0v) is 31.2. The lowest BCUT2D eigenvalue weighted by Crippen LogP contribution is -2.70. The van der Waals surface area contributed by atoms with Gasteiger partial charge in [-0.05, 0) is 36.2 Å². The smallest absolute Gasteiger partial charge is 0.356 e. The number of carbonyl (C=O) groups is 3. The fraction of sp³-hybridized carbons (Fsp3) is 0.206. The van der Waals surface area contributed by atoms with E-state index < -0.39 is 29.4 Å². The molecule has 2 aliphatic rings. The van der Waals surface area contributed by atoms with Gasteiger partial charge in [-0.15, -0.1) is 35.3 Å². The maximum absolute atomic E-state index is 14.2. The lowest BCUT2D eigenvalue weighted by atomic mass is 10.0. The van der Waals surface area contributed by atoms with E-state index in [9.17, 15) is 14.4 Å². The number of nitrogens with two attached hydrogens (primary N) is 2. The molecule has 16 heteroatoms. The van der Waals surface area contributed by atoms with Gasteiger partial charge in [0.25, 0.3) is 5.91 Å². The number of aromatic nitrogens is 2. The van der Waals surface area contributed by atoms with E-state index in [1.807, 2.05) is 60.7 Å². The van der Waals surface area contributed by atoms with E-state index in [4.69, 9.17) is 39.4 Å². The Hall–Kier alpha value is -3.53. The molecule has 6 rings (SSSR count). The summed E-state index contributed by atoms with van der Waals surface area (Å²) in [6.45, 7) is 1.75. The summed E-state index contributed by atoms with van der Waals surface area (Å²) in [4.78, 5) is 52.3. The number of β-lactam (4-membered cyclic amide) rings is 1. The molecule has 1 aromatic heterocycles. The van der Waals surface area contributed by atoms with Crippen molar-refractivity contribution in [2.75, 3.05) is 28.1 Å². The van der Waals surface area contributed by atoms with Crippen LogP contribution in [0.15, 0.2) is 99.5 Å². The predicted octanol–water partition coefficient (Wildman–Crippen LogP) is 6.78. The van der Waals surface area contributed by atoms with E-state index in [-0.39, 0.29) is 17.4 Å². The third-order valence-corrected chi connectivity index (χ3v) is 13.0. The lowest BCUT2D eigenvalue weighted by molar-refractivity contribution is -0.154. The van der Waals surface area contributed by atoms with Crippen molar-refractivity contribution < 1.29 is 19.1 Å². The Bertz CT molecular complexity index is 1890. The Labute approximate surface area is 315 Å². The summed E-state index contributed by atoms with van der Waals surface area (Å²) in [5.41, 5.74) is 14.3. The Morgan fingerprint density at radius 3 is 2.26 bits per heavy atom. The van der Waals surface area contributed by atoms with Crippen LogP contribution >= 0.6 is 70.2 Å². The number of esters is 1. The van der Waals surface area contributed by atoms with Crippen LogP contribution in [0.2, 0.25) is 10.0 Å². The second-order valence-corrected chi connectivity index (χ2v) is 16.3. The molecule has 0 aliphatic carbocycles. The standard InChI is InChI=1S/C34H30Cl2N6O4S4/c1-18-29(37)40-34(41-30(18)38)50-17-49-24-15-48-32-26(39-25(43)16-47-23-14-21(35)12-13-22(23)36)31(44)42(32)27(24)33(45)46-28(19-8-4-2-5-9-19)20-10-6-3-7-11-20/h2-14,26,28,32H,15-17H2,1H3,(H,39,43)(H4,37,38,40,41)/t26-,32-/m1/s1. The van der Waals surface area contributed by atoms with Gasteiger partial charge in [0.15, 0.2) is 11.3 Å². The Morgan fingerprint density at radius 2 is 1.62 bits per heavy atom. The summed E-state index contributed by atoms with van der Waals surface area (Å²) in [5.74, 6) is -0.377. The van der Waals surface area contributed by atoms with Crippen molar-refractivity contribution >= 4 is 99.7 Å². The third-order valence-electron chi connectivity index (χ3n) is 7.75. The minimum atomic E-state index is -0.822. The van der Waals surface area contributed by atoms with Crippen molar-refractivity contribution in [2.45, 2.75) is 34.5 Å². The summed E-state index contributed by atoms with van der Waals surface area (Å²) in [6, 6.07) is 23.0. The molecule has 0 unspecified atom stereocenters. The van der Waals surface area contributed by atoms with Crippen molar-refractivity contribution in [2.24, 2.45) is 0 Å². The number of carbonyl (C=O) groups excluding carboxylic acids is 3. The van der Waals surface area contributed by atoms with Crippen molar-refractivity contribution in [1.29, 1.82) is 0 Å². The van der Waals surface area contributed by atoms with Gasteiger partial charge in [0.2, 0.25) is 5.91 Å². The van der Waals surface area contributed by atoms with Crippen LogP contribution in [-0.2, 0) is 19.1 Å². The molecular weight excluding hydrogens is 756 g/mol. The van der Waals surface area contributed by atoms with Gasteiger partial charge in [0, 0.05) is 26.1 Å². The van der Waals surface area contributed by atoms with E-state index >= 15 is 0 Å². The van der Waals surface area contributed by atoms with E-state index in [0.29, 0.717) is 53.0 Å². The van der Waals surface area contributed by atoms with Gasteiger partial charge in [-0.2, -0.15) is 0 Å². The van der Waals surface area contributed by atoms with Crippen LogP contribution in [0.3, 0.4) is 0 Å². The minimum Gasteiger partial charge on any atom is -0.448 e. The molecule has 2 atom stereocenters. The quantitative estimate of drug-likeness (QED) is 0.0457. The Morgan fingerprint density at radius 1 is 0.980 bits per heavy atom. The van der Waals surface area contributed by atoms with Crippen LogP contribution in [0.4, 0.5) is 11.6 Å². The largest absolute Gasteiger partial charge is 0.448 e. The van der Waals surface area contributed by atoms with Crippen LogP contribution in [0.1, 0.15) is 22.8 Å². The molecule has 2 aliphatic heterocycles. The van der Waals surface area contributed by atoms with E-state index in [0.717, 1.165) is 11.1 Å². The zero-order valence-electron chi connectivity index (χ0n) is 26.4. The highest BCUT2D eigenvalue weighted by molar-refractivity contribution is 8.18. The number of amides is 2.